The van der Waals surface area contributed by atoms with Crippen LogP contribution in [0.5, 0.6) is 5.75 Å². The van der Waals surface area contributed by atoms with Crippen molar-refractivity contribution in [3.63, 3.8) is 0 Å². The summed E-state index contributed by atoms with van der Waals surface area (Å²) in [6.07, 6.45) is -2.53. The molecule has 7 nitrogen and oxygen atoms in total. The number of halogens is 2. The fourth-order valence-electron chi connectivity index (χ4n) is 2.61. The summed E-state index contributed by atoms with van der Waals surface area (Å²) in [6, 6.07) is 3.22. The van der Waals surface area contributed by atoms with Crippen LogP contribution in [0.1, 0.15) is 31.1 Å². The number of ketones is 1. The third kappa shape index (κ3) is 4.37. The molecule has 26 heavy (non-hydrogen) atoms. The molecule has 1 aliphatic heterocycles. The van der Waals surface area contributed by atoms with Gasteiger partial charge in [0.2, 0.25) is 0 Å². The van der Waals surface area contributed by atoms with Gasteiger partial charge in [-0.1, -0.05) is 0 Å². The Bertz CT molecular complexity index is 698. The van der Waals surface area contributed by atoms with Crippen LogP contribution in [0.25, 0.3) is 0 Å². The van der Waals surface area contributed by atoms with E-state index in [0.717, 1.165) is 0 Å². The van der Waals surface area contributed by atoms with Gasteiger partial charge in [-0.3, -0.25) is 9.00 Å². The van der Waals surface area contributed by atoms with Gasteiger partial charge in [0.25, 0.3) is 0 Å². The van der Waals surface area contributed by atoms with E-state index in [9.17, 15) is 24.3 Å². The van der Waals surface area contributed by atoms with Crippen molar-refractivity contribution in [3.8, 4) is 5.75 Å². The molecule has 1 saturated heterocycles. The number of aliphatic hydroxyl groups is 3. The molecule has 0 saturated carbocycles. The summed E-state index contributed by atoms with van der Waals surface area (Å²) < 4.78 is 24.5. The second kappa shape index (κ2) is 8.34. The molecule has 2 rings (SSSR count). The minimum absolute atomic E-state index is 0.111. The second-order valence-electron chi connectivity index (χ2n) is 6.41. The van der Waals surface area contributed by atoms with E-state index in [1.165, 1.54) is 6.92 Å². The first-order chi connectivity index (χ1) is 12.0. The minimum Gasteiger partial charge on any atom is -0.483 e. The van der Waals surface area contributed by atoms with E-state index in [1.807, 2.05) is 0 Å². The van der Waals surface area contributed by atoms with Gasteiger partial charge in [0, 0.05) is 5.56 Å². The van der Waals surface area contributed by atoms with Crippen molar-refractivity contribution in [1.82, 2.24) is 0 Å². The lowest BCUT2D eigenvalue weighted by Gasteiger charge is -2.43. The van der Waals surface area contributed by atoms with Crippen LogP contribution < -0.4 is 4.74 Å². The number of carbonyl (C=O) groups is 1. The van der Waals surface area contributed by atoms with Crippen LogP contribution in [0.2, 0.25) is 0 Å². The number of ether oxygens (including phenoxy) is 2. The highest BCUT2D eigenvalue weighted by Crippen LogP contribution is 2.39. The third-order valence-electron chi connectivity index (χ3n) is 4.00. The molecule has 1 aromatic rings. The summed E-state index contributed by atoms with van der Waals surface area (Å²) in [4.78, 5) is 11.6. The van der Waals surface area contributed by atoms with Crippen LogP contribution in [0.15, 0.2) is 21.1 Å². The number of carbonyl (C=O) groups excluding carboxylic acids is 1. The molecule has 10 heteroatoms. The molecule has 0 aliphatic carbocycles. The Morgan fingerprint density at radius 1 is 1.31 bits per heavy atom. The smallest absolute Gasteiger partial charge is 0.160 e. The molecule has 0 bridgehead atoms. The zero-order chi connectivity index (χ0) is 19.8. The quantitative estimate of drug-likeness (QED) is 0.511. The summed E-state index contributed by atoms with van der Waals surface area (Å²) in [6.45, 7) is 4.15. The Hall–Kier alpha value is -0.360. The highest BCUT2D eigenvalue weighted by Gasteiger charge is 2.50. The summed E-state index contributed by atoms with van der Waals surface area (Å²) in [5, 5.41) is 29.6. The van der Waals surface area contributed by atoms with E-state index in [4.69, 9.17) is 9.47 Å². The highest BCUT2D eigenvalue weighted by atomic mass is 79.9. The SMILES string of the molecule is CC(=O)c1cc(Br)c(OC(C)(C)C2OC(CO)S(=O)[C@@H](O)C2O)c(Br)c1. The lowest BCUT2D eigenvalue weighted by Crippen LogP contribution is -2.61. The first-order valence-electron chi connectivity index (χ1n) is 7.70. The fraction of sp³-hybridized carbons (Fsp3) is 0.562. The second-order valence-corrected chi connectivity index (χ2v) is 9.78. The molecule has 1 aliphatic rings. The molecule has 1 fully saturated rings. The molecule has 5 atom stereocenters. The first kappa shape index (κ1) is 21.9. The van der Waals surface area contributed by atoms with E-state index < -0.39 is 46.1 Å². The van der Waals surface area contributed by atoms with E-state index in [2.05, 4.69) is 31.9 Å². The van der Waals surface area contributed by atoms with Gasteiger partial charge in [0.15, 0.2) is 16.7 Å². The molecule has 146 valence electrons. The van der Waals surface area contributed by atoms with Crippen molar-refractivity contribution in [3.05, 3.63) is 26.6 Å². The van der Waals surface area contributed by atoms with Crippen LogP contribution in [0, 0.1) is 0 Å². The van der Waals surface area contributed by atoms with Gasteiger partial charge in [-0.15, -0.1) is 0 Å². The molecule has 0 radical (unpaired) electrons. The highest BCUT2D eigenvalue weighted by molar-refractivity contribution is 9.11. The molecule has 1 aromatic carbocycles. The van der Waals surface area contributed by atoms with Gasteiger partial charge in [0.05, 0.1) is 26.4 Å². The van der Waals surface area contributed by atoms with Gasteiger partial charge in [-0.05, 0) is 64.8 Å². The first-order valence-corrected chi connectivity index (χ1v) is 10.6. The lowest BCUT2D eigenvalue weighted by atomic mass is 9.96. The van der Waals surface area contributed by atoms with Crippen LogP contribution in [-0.2, 0) is 15.5 Å². The summed E-state index contributed by atoms with van der Waals surface area (Å²) in [5.41, 5.74) is -3.38. The molecule has 1 heterocycles. The number of hydrogen-bond acceptors (Lipinski definition) is 7. The number of hydrogen-bond donors (Lipinski definition) is 3. The predicted molar refractivity (Wildman–Crippen MR) is 102 cm³/mol. The Morgan fingerprint density at radius 2 is 1.85 bits per heavy atom. The topological polar surface area (TPSA) is 113 Å². The Morgan fingerprint density at radius 3 is 2.31 bits per heavy atom. The standard InChI is InChI=1S/C16H20Br2O7S/c1-7(20)8-4-9(17)13(10(18)5-8)25-16(2,3)14-12(21)15(22)26(23)11(6-19)24-14/h4-5,11-12,14-15,19,21-22H,6H2,1-3H3/t11?,12?,14?,15-,26?/m1/s1. The van der Waals surface area contributed by atoms with Crippen LogP contribution in [0.4, 0.5) is 0 Å². The fourth-order valence-corrected chi connectivity index (χ4v) is 5.07. The van der Waals surface area contributed by atoms with Crippen LogP contribution in [0.3, 0.4) is 0 Å². The van der Waals surface area contributed by atoms with Gasteiger partial charge >= 0.3 is 0 Å². The van der Waals surface area contributed by atoms with E-state index in [0.29, 0.717) is 20.3 Å². The summed E-state index contributed by atoms with van der Waals surface area (Å²) in [5.74, 6) is 0.261. The minimum atomic E-state index is -1.95. The zero-order valence-electron chi connectivity index (χ0n) is 14.3. The number of aliphatic hydroxyl groups excluding tert-OH is 3. The molecular weight excluding hydrogens is 496 g/mol. The predicted octanol–water partition coefficient (Wildman–Crippen LogP) is 1.72. The Kier molecular flexibility index (Phi) is 7.03. The molecule has 0 aromatic heterocycles. The monoisotopic (exact) mass is 514 g/mol. The van der Waals surface area contributed by atoms with Gasteiger partial charge in [-0.2, -0.15) is 0 Å². The van der Waals surface area contributed by atoms with Gasteiger partial charge in [-0.25, -0.2) is 0 Å². The average Bonchev–Trinajstić information content (AvgIpc) is 2.55. The third-order valence-corrected chi connectivity index (χ3v) is 6.71. The average molecular weight is 516 g/mol. The van der Waals surface area contributed by atoms with Gasteiger partial charge in [0.1, 0.15) is 23.6 Å². The maximum absolute atomic E-state index is 11.9. The number of Topliss-reactive ketones (excluding diaryl/α,β-unsaturated/α-hetero) is 1. The molecular formula is C16H20Br2O7S. The molecule has 3 N–H and O–H groups in total. The van der Waals surface area contributed by atoms with E-state index in [-0.39, 0.29) is 5.78 Å². The maximum Gasteiger partial charge on any atom is 0.160 e. The van der Waals surface area contributed by atoms with Crippen LogP contribution in [-0.4, -0.2) is 60.6 Å². The van der Waals surface area contributed by atoms with Crippen molar-refractivity contribution in [2.45, 2.75) is 49.5 Å². The zero-order valence-corrected chi connectivity index (χ0v) is 18.3. The molecule has 0 spiro atoms. The number of rotatable bonds is 5. The number of benzene rings is 1. The van der Waals surface area contributed by atoms with Crippen molar-refractivity contribution in [2.75, 3.05) is 6.61 Å². The van der Waals surface area contributed by atoms with E-state index in [1.54, 1.807) is 26.0 Å². The van der Waals surface area contributed by atoms with Gasteiger partial charge < -0.3 is 24.8 Å². The van der Waals surface area contributed by atoms with Crippen molar-refractivity contribution >= 4 is 48.4 Å². The van der Waals surface area contributed by atoms with E-state index >= 15 is 0 Å². The largest absolute Gasteiger partial charge is 0.483 e. The van der Waals surface area contributed by atoms with Crippen molar-refractivity contribution < 1.29 is 33.8 Å². The van der Waals surface area contributed by atoms with Crippen LogP contribution >= 0.6 is 31.9 Å². The Balaban J connectivity index is 2.33. The Labute approximate surface area is 170 Å². The molecule has 0 amide bonds. The van der Waals surface area contributed by atoms with Crippen molar-refractivity contribution in [2.24, 2.45) is 0 Å². The van der Waals surface area contributed by atoms with Crippen molar-refractivity contribution in [1.29, 1.82) is 0 Å². The summed E-state index contributed by atoms with van der Waals surface area (Å²) >= 11 is 6.71. The normalized spacial score (nSPS) is 29.5. The molecule has 4 unspecified atom stereocenters. The maximum atomic E-state index is 11.9. The lowest BCUT2D eigenvalue weighted by molar-refractivity contribution is -0.167. The summed E-state index contributed by atoms with van der Waals surface area (Å²) in [7, 11) is -1.95.